The van der Waals surface area contributed by atoms with Gasteiger partial charge in [-0.1, -0.05) is 24.3 Å². The van der Waals surface area contributed by atoms with Gasteiger partial charge in [0, 0.05) is 34.3 Å². The summed E-state index contributed by atoms with van der Waals surface area (Å²) in [5, 5.41) is 0.673. The number of halogens is 2. The summed E-state index contributed by atoms with van der Waals surface area (Å²) >= 11 is 0. The van der Waals surface area contributed by atoms with Gasteiger partial charge < -0.3 is 16.2 Å². The van der Waals surface area contributed by atoms with Gasteiger partial charge in [0.1, 0.15) is 28.0 Å². The number of carbonyl (C=O) groups is 1. The molecule has 0 saturated carbocycles. The van der Waals surface area contributed by atoms with E-state index in [1.165, 1.54) is 19.4 Å². The van der Waals surface area contributed by atoms with Crippen LogP contribution in [-0.4, -0.2) is 31.4 Å². The summed E-state index contributed by atoms with van der Waals surface area (Å²) in [7, 11) is -3.15. The van der Waals surface area contributed by atoms with Crippen molar-refractivity contribution >= 4 is 38.3 Å². The van der Waals surface area contributed by atoms with Crippen LogP contribution in [0.2, 0.25) is 0 Å². The summed E-state index contributed by atoms with van der Waals surface area (Å²) in [6, 6.07) is 17.4. The van der Waals surface area contributed by atoms with Gasteiger partial charge in [0.05, 0.1) is 12.6 Å². The number of amides is 1. The molecule has 3 aromatic carbocycles. The maximum absolute atomic E-state index is 14.2. The van der Waals surface area contributed by atoms with E-state index in [9.17, 15) is 22.0 Å². The number of nitrogens with zero attached hydrogens (tertiary/aromatic N) is 2. The molecule has 5 rings (SSSR count). The van der Waals surface area contributed by atoms with Crippen molar-refractivity contribution in [1.82, 2.24) is 9.97 Å². The lowest BCUT2D eigenvalue weighted by atomic mass is 9.97. The van der Waals surface area contributed by atoms with E-state index < -0.39 is 32.5 Å². The number of sulfonamides is 1. The maximum Gasteiger partial charge on any atom is 0.264 e. The van der Waals surface area contributed by atoms with Crippen LogP contribution in [0.5, 0.6) is 5.88 Å². The Labute approximate surface area is 227 Å². The maximum atomic E-state index is 14.2. The van der Waals surface area contributed by atoms with Crippen LogP contribution in [0.25, 0.3) is 33.2 Å². The lowest BCUT2D eigenvalue weighted by molar-refractivity contribution is 0.100. The van der Waals surface area contributed by atoms with E-state index in [1.807, 2.05) is 0 Å². The van der Waals surface area contributed by atoms with Crippen LogP contribution in [-0.2, 0) is 10.0 Å². The fraction of sp³-hybridized carbons (Fsp3) is 0.0357. The zero-order valence-electron chi connectivity index (χ0n) is 20.9. The molecule has 0 radical (unpaired) electrons. The number of methoxy groups -OCH3 is 1. The van der Waals surface area contributed by atoms with E-state index >= 15 is 0 Å². The number of nitrogen functional groups attached to an aromatic ring is 1. The highest BCUT2D eigenvalue weighted by Crippen LogP contribution is 2.35. The zero-order valence-corrected chi connectivity index (χ0v) is 21.7. The summed E-state index contributed by atoms with van der Waals surface area (Å²) in [6.45, 7) is 0. The van der Waals surface area contributed by atoms with Gasteiger partial charge >= 0.3 is 0 Å². The molecule has 0 aliphatic heterocycles. The van der Waals surface area contributed by atoms with Crippen LogP contribution in [0.15, 0.2) is 83.9 Å². The number of pyridine rings is 2. The number of benzene rings is 3. The highest BCUT2D eigenvalue weighted by atomic mass is 32.2. The minimum absolute atomic E-state index is 0.0598. The second-order valence-corrected chi connectivity index (χ2v) is 10.4. The van der Waals surface area contributed by atoms with Crippen molar-refractivity contribution in [2.45, 2.75) is 4.90 Å². The van der Waals surface area contributed by atoms with Crippen molar-refractivity contribution in [3.8, 4) is 28.1 Å². The van der Waals surface area contributed by atoms with Crippen LogP contribution in [0.4, 0.5) is 20.3 Å². The van der Waals surface area contributed by atoms with Crippen molar-refractivity contribution < 1.29 is 26.7 Å². The van der Waals surface area contributed by atoms with Gasteiger partial charge in [0.25, 0.3) is 10.0 Å². The first-order chi connectivity index (χ1) is 19.1. The first-order valence-electron chi connectivity index (χ1n) is 11.7. The molecule has 0 aliphatic carbocycles. The summed E-state index contributed by atoms with van der Waals surface area (Å²) in [6.07, 6.45) is 1.48. The summed E-state index contributed by atoms with van der Waals surface area (Å²) < 4.78 is 60.8. The van der Waals surface area contributed by atoms with Crippen LogP contribution < -0.4 is 20.9 Å². The highest BCUT2D eigenvalue weighted by Gasteiger charge is 2.22. The van der Waals surface area contributed by atoms with Gasteiger partial charge in [0.2, 0.25) is 11.8 Å². The average Bonchev–Trinajstić information content (AvgIpc) is 2.92. The standard InChI is InChI=1S/C28H21F2N5O4S/c1-39-28-24(35-40(37,38)25-9-7-18(29)13-22(25)30)12-17(14-33-28)15-6-8-23-16(10-15)11-21(26(31)34-23)19-4-2-3-5-20(19)27(32)36/h2-14,35H,1H3,(H2,31,34)(H2,32,36). The monoisotopic (exact) mass is 561 g/mol. The molecule has 0 bridgehead atoms. The Morgan fingerprint density at radius 3 is 2.45 bits per heavy atom. The van der Waals surface area contributed by atoms with Gasteiger partial charge in [-0.2, -0.15) is 0 Å². The molecule has 5 N–H and O–H groups in total. The molecule has 0 saturated heterocycles. The number of carbonyl (C=O) groups excluding carboxylic acids is 1. The lowest BCUT2D eigenvalue weighted by Gasteiger charge is -2.14. The molecule has 40 heavy (non-hydrogen) atoms. The molecule has 9 nitrogen and oxygen atoms in total. The third kappa shape index (κ3) is 4.99. The highest BCUT2D eigenvalue weighted by molar-refractivity contribution is 7.92. The second kappa shape index (κ2) is 10.2. The Balaban J connectivity index is 1.57. The fourth-order valence-corrected chi connectivity index (χ4v) is 5.37. The van der Waals surface area contributed by atoms with Crippen molar-refractivity contribution in [3.63, 3.8) is 0 Å². The first kappa shape index (κ1) is 26.5. The van der Waals surface area contributed by atoms with Crippen molar-refractivity contribution in [2.24, 2.45) is 5.73 Å². The summed E-state index contributed by atoms with van der Waals surface area (Å²) in [5.41, 5.74) is 14.7. The van der Waals surface area contributed by atoms with E-state index in [0.717, 1.165) is 12.1 Å². The number of nitrogens with one attached hydrogen (secondary N) is 1. The van der Waals surface area contributed by atoms with E-state index in [1.54, 1.807) is 48.5 Å². The largest absolute Gasteiger partial charge is 0.480 e. The topological polar surface area (TPSA) is 150 Å². The van der Waals surface area contributed by atoms with Crippen LogP contribution in [0.3, 0.4) is 0 Å². The third-order valence-electron chi connectivity index (χ3n) is 6.13. The Hall–Kier alpha value is -5.10. The van der Waals surface area contributed by atoms with Gasteiger partial charge in [-0.15, -0.1) is 0 Å². The second-order valence-electron chi connectivity index (χ2n) is 8.70. The Kier molecular flexibility index (Phi) is 6.78. The predicted molar refractivity (Wildman–Crippen MR) is 147 cm³/mol. The minimum Gasteiger partial charge on any atom is -0.480 e. The fourth-order valence-electron chi connectivity index (χ4n) is 4.26. The Morgan fingerprint density at radius 1 is 0.950 bits per heavy atom. The van der Waals surface area contributed by atoms with E-state index in [0.29, 0.717) is 44.8 Å². The molecule has 0 spiro atoms. The van der Waals surface area contributed by atoms with Crippen molar-refractivity contribution in [3.05, 3.63) is 96.2 Å². The molecule has 0 atom stereocenters. The van der Waals surface area contributed by atoms with Crippen molar-refractivity contribution in [1.29, 1.82) is 0 Å². The molecule has 202 valence electrons. The summed E-state index contributed by atoms with van der Waals surface area (Å²) in [4.78, 5) is 19.9. The molecule has 2 aromatic heterocycles. The Bertz CT molecular complexity index is 1920. The number of nitrogens with two attached hydrogens (primary N) is 2. The SMILES string of the molecule is COc1ncc(-c2ccc3nc(N)c(-c4ccccc4C(N)=O)cc3c2)cc1NS(=O)(=O)c1ccc(F)cc1F. The average molecular weight is 562 g/mol. The molecule has 1 amide bonds. The number of ether oxygens (including phenoxy) is 1. The summed E-state index contributed by atoms with van der Waals surface area (Å²) in [5.74, 6) is -2.61. The van der Waals surface area contributed by atoms with Crippen LogP contribution >= 0.6 is 0 Å². The molecule has 0 unspecified atom stereocenters. The number of aromatic nitrogens is 2. The normalized spacial score (nSPS) is 11.4. The molecular weight excluding hydrogens is 540 g/mol. The van der Waals surface area contributed by atoms with Gasteiger partial charge in [-0.25, -0.2) is 27.2 Å². The third-order valence-corrected chi connectivity index (χ3v) is 7.53. The van der Waals surface area contributed by atoms with Crippen LogP contribution in [0, 0.1) is 11.6 Å². The number of fused-ring (bicyclic) bond motifs is 1. The molecule has 0 fully saturated rings. The number of primary amides is 1. The first-order valence-corrected chi connectivity index (χ1v) is 13.2. The number of anilines is 2. The lowest BCUT2D eigenvalue weighted by Crippen LogP contribution is -2.15. The van der Waals surface area contributed by atoms with E-state index in [-0.39, 0.29) is 17.4 Å². The van der Waals surface area contributed by atoms with E-state index in [2.05, 4.69) is 14.7 Å². The molecule has 12 heteroatoms. The minimum atomic E-state index is -4.45. The quantitative estimate of drug-likeness (QED) is 0.260. The van der Waals surface area contributed by atoms with Crippen LogP contribution in [0.1, 0.15) is 10.4 Å². The van der Waals surface area contributed by atoms with Crippen molar-refractivity contribution in [2.75, 3.05) is 17.6 Å². The molecular formula is C28H21F2N5O4S. The Morgan fingerprint density at radius 2 is 1.73 bits per heavy atom. The van der Waals surface area contributed by atoms with Gasteiger partial charge in [-0.3, -0.25) is 9.52 Å². The number of hydrogen-bond acceptors (Lipinski definition) is 7. The smallest absolute Gasteiger partial charge is 0.264 e. The van der Waals surface area contributed by atoms with Gasteiger partial charge in [0.15, 0.2) is 0 Å². The number of rotatable bonds is 7. The number of hydrogen-bond donors (Lipinski definition) is 3. The zero-order chi connectivity index (χ0) is 28.6. The molecule has 0 aliphatic rings. The van der Waals surface area contributed by atoms with Gasteiger partial charge in [-0.05, 0) is 53.6 Å². The molecule has 2 heterocycles. The predicted octanol–water partition coefficient (Wildman–Crippen LogP) is 4.73. The van der Waals surface area contributed by atoms with E-state index in [4.69, 9.17) is 16.2 Å². The molecule has 5 aromatic rings.